The van der Waals surface area contributed by atoms with Crippen LogP contribution in [0.25, 0.3) is 0 Å². The molecule has 1 aliphatic heterocycles. The van der Waals surface area contributed by atoms with Crippen LogP contribution in [-0.2, 0) is 25.7 Å². The summed E-state index contributed by atoms with van der Waals surface area (Å²) in [5.41, 5.74) is 1.67. The average molecular weight is 348 g/mol. The molecule has 0 aliphatic carbocycles. The second-order valence-electron chi connectivity index (χ2n) is 5.65. The summed E-state index contributed by atoms with van der Waals surface area (Å²) in [5, 5.41) is 0. The monoisotopic (exact) mass is 348 g/mol. The molecule has 22 heavy (non-hydrogen) atoms. The fourth-order valence-electron chi connectivity index (χ4n) is 2.72. The first-order valence-electron chi connectivity index (χ1n) is 6.62. The summed E-state index contributed by atoms with van der Waals surface area (Å²) in [6, 6.07) is 4.26. The van der Waals surface area contributed by atoms with Gasteiger partial charge in [0.05, 0.1) is 16.1 Å². The van der Waals surface area contributed by atoms with Gasteiger partial charge in [0.1, 0.15) is 0 Å². The molecule has 0 fully saturated rings. The Morgan fingerprint density at radius 2 is 1.82 bits per heavy atom. The maximum Gasteiger partial charge on any atom is 0.294 e. The third kappa shape index (κ3) is 3.37. The second kappa shape index (κ2) is 5.41. The smallest absolute Gasteiger partial charge is 0.286 e. The first kappa shape index (κ1) is 17.1. The maximum atomic E-state index is 11.3. The van der Waals surface area contributed by atoms with Crippen LogP contribution in [0.5, 0.6) is 0 Å². The highest BCUT2D eigenvalue weighted by Gasteiger charge is 2.42. The van der Waals surface area contributed by atoms with Crippen molar-refractivity contribution in [2.45, 2.75) is 37.0 Å². The molecule has 122 valence electrons. The summed E-state index contributed by atoms with van der Waals surface area (Å²) in [7, 11) is -8.34. The van der Waals surface area contributed by atoms with Gasteiger partial charge in [-0.15, -0.1) is 0 Å². The maximum absolute atomic E-state index is 11.3. The van der Waals surface area contributed by atoms with Crippen LogP contribution < -0.4 is 4.99 Å². The molecule has 1 unspecified atom stereocenters. The predicted octanol–water partition coefficient (Wildman–Crippen LogP) is 0.0456. The Kier molecular flexibility index (Phi) is 4.20. The zero-order chi connectivity index (χ0) is 16.8. The van der Waals surface area contributed by atoms with E-state index >= 15 is 0 Å². The van der Waals surface area contributed by atoms with Crippen molar-refractivity contribution in [3.05, 3.63) is 23.8 Å². The Bertz CT molecular complexity index is 841. The quantitative estimate of drug-likeness (QED) is 0.646. The van der Waals surface area contributed by atoms with Crippen LogP contribution >= 0.6 is 0 Å². The molecule has 0 radical (unpaired) electrons. The molecule has 1 atom stereocenters. The number of hydrogen-bond donors (Lipinski definition) is 3. The molecular formula is C13H18NO6S2+. The highest BCUT2D eigenvalue weighted by molar-refractivity contribution is 7.86. The van der Waals surface area contributed by atoms with Crippen molar-refractivity contribution in [1.82, 2.24) is 0 Å². The number of hydrogen-bond acceptors (Lipinski definition) is 4. The molecule has 0 aromatic heterocycles. The average Bonchev–Trinajstić information content (AvgIpc) is 2.59. The Morgan fingerprint density at radius 3 is 2.36 bits per heavy atom. The van der Waals surface area contributed by atoms with E-state index in [0.29, 0.717) is 12.0 Å². The number of benzene rings is 1. The molecule has 1 aromatic carbocycles. The van der Waals surface area contributed by atoms with E-state index in [1.54, 1.807) is 6.07 Å². The van der Waals surface area contributed by atoms with E-state index in [1.165, 1.54) is 12.1 Å². The molecule has 1 heterocycles. The number of fused-ring (bicyclic) bond motifs is 1. The summed E-state index contributed by atoms with van der Waals surface area (Å²) in [6.45, 7) is 3.69. The minimum atomic E-state index is -4.31. The van der Waals surface area contributed by atoms with Crippen molar-refractivity contribution in [2.75, 3.05) is 5.75 Å². The van der Waals surface area contributed by atoms with Crippen molar-refractivity contribution in [3.63, 3.8) is 0 Å². The highest BCUT2D eigenvalue weighted by Crippen LogP contribution is 2.37. The standard InChI is InChI=1S/C13H17NO6S2/c1-9-13(2,6-3-7-21(15,16)17)11-8-10(22(18,19)20)4-5-12(11)14-9/h4-5,8H,3,6-7H2,1-2H3,(H,15,16,17)(H,18,19,20)/p+1. The minimum absolute atomic E-state index is 0.205. The van der Waals surface area contributed by atoms with E-state index in [-0.39, 0.29) is 17.1 Å². The van der Waals surface area contributed by atoms with Crippen molar-refractivity contribution in [3.8, 4) is 0 Å². The minimum Gasteiger partial charge on any atom is -0.286 e. The van der Waals surface area contributed by atoms with Gasteiger partial charge in [0.15, 0.2) is 5.71 Å². The third-order valence-electron chi connectivity index (χ3n) is 4.11. The van der Waals surface area contributed by atoms with E-state index in [4.69, 9.17) is 4.55 Å². The summed E-state index contributed by atoms with van der Waals surface area (Å²) in [5.74, 6) is -0.358. The Morgan fingerprint density at radius 1 is 1.18 bits per heavy atom. The van der Waals surface area contributed by atoms with Gasteiger partial charge in [-0.25, -0.2) is 4.99 Å². The third-order valence-corrected chi connectivity index (χ3v) is 5.77. The van der Waals surface area contributed by atoms with Gasteiger partial charge in [0.2, 0.25) is 5.69 Å². The van der Waals surface area contributed by atoms with Gasteiger partial charge >= 0.3 is 0 Å². The van der Waals surface area contributed by atoms with Crippen molar-refractivity contribution in [1.29, 1.82) is 0 Å². The van der Waals surface area contributed by atoms with Crippen LogP contribution in [0.4, 0.5) is 5.69 Å². The van der Waals surface area contributed by atoms with Crippen molar-refractivity contribution in [2.24, 2.45) is 0 Å². The van der Waals surface area contributed by atoms with Gasteiger partial charge in [-0.3, -0.25) is 9.11 Å². The summed E-state index contributed by atoms with van der Waals surface area (Å²) >= 11 is 0. The molecule has 0 amide bonds. The van der Waals surface area contributed by atoms with Crippen LogP contribution in [0.15, 0.2) is 23.1 Å². The largest absolute Gasteiger partial charge is 0.294 e. The summed E-state index contributed by atoms with van der Waals surface area (Å²) in [4.78, 5) is 2.94. The SMILES string of the molecule is CC1=[NH+]c2ccc(S(=O)(=O)O)cc2C1(C)CCCS(=O)(=O)O. The molecule has 3 N–H and O–H groups in total. The van der Waals surface area contributed by atoms with Gasteiger partial charge in [0.25, 0.3) is 20.2 Å². The first-order valence-corrected chi connectivity index (χ1v) is 9.67. The topological polar surface area (TPSA) is 123 Å². The molecule has 0 saturated heterocycles. The summed E-state index contributed by atoms with van der Waals surface area (Å²) in [6.07, 6.45) is 0.636. The zero-order valence-electron chi connectivity index (χ0n) is 12.2. The summed E-state index contributed by atoms with van der Waals surface area (Å²) < 4.78 is 62.3. The Balaban J connectivity index is 2.37. The van der Waals surface area contributed by atoms with Crippen molar-refractivity contribution < 1.29 is 30.9 Å². The van der Waals surface area contributed by atoms with Crippen LogP contribution in [-0.4, -0.2) is 37.4 Å². The van der Waals surface area contributed by atoms with Gasteiger partial charge in [-0.05, 0) is 31.9 Å². The van der Waals surface area contributed by atoms with E-state index in [2.05, 4.69) is 4.99 Å². The van der Waals surface area contributed by atoms with Gasteiger partial charge in [0, 0.05) is 18.6 Å². The number of rotatable bonds is 5. The zero-order valence-corrected chi connectivity index (χ0v) is 13.8. The lowest BCUT2D eigenvalue weighted by Crippen LogP contribution is -2.65. The van der Waals surface area contributed by atoms with Gasteiger partial charge in [-0.1, -0.05) is 0 Å². The van der Waals surface area contributed by atoms with Crippen molar-refractivity contribution >= 4 is 31.6 Å². The highest BCUT2D eigenvalue weighted by atomic mass is 32.2. The van der Waals surface area contributed by atoms with E-state index in [9.17, 15) is 21.4 Å². The molecule has 2 rings (SSSR count). The Labute approximate surface area is 129 Å². The van der Waals surface area contributed by atoms with Gasteiger partial charge < -0.3 is 0 Å². The normalized spacial score (nSPS) is 21.5. The first-order chi connectivity index (χ1) is 9.93. The molecule has 0 spiro atoms. The second-order valence-corrected chi connectivity index (χ2v) is 8.65. The lowest BCUT2D eigenvalue weighted by Gasteiger charge is -2.22. The van der Waals surface area contributed by atoms with E-state index in [1.807, 2.05) is 13.8 Å². The molecule has 9 heteroatoms. The van der Waals surface area contributed by atoms with E-state index in [0.717, 1.165) is 11.4 Å². The number of nitrogens with one attached hydrogen (secondary N) is 1. The molecule has 1 aromatic rings. The van der Waals surface area contributed by atoms with Crippen LogP contribution in [0.1, 0.15) is 32.3 Å². The lowest BCUT2D eigenvalue weighted by molar-refractivity contribution is -0.351. The van der Waals surface area contributed by atoms with E-state index < -0.39 is 25.7 Å². The molecule has 7 nitrogen and oxygen atoms in total. The fraction of sp³-hybridized carbons (Fsp3) is 0.462. The predicted molar refractivity (Wildman–Crippen MR) is 80.6 cm³/mol. The van der Waals surface area contributed by atoms with Crippen LogP contribution in [0.2, 0.25) is 0 Å². The van der Waals surface area contributed by atoms with Crippen LogP contribution in [0.3, 0.4) is 0 Å². The molecule has 0 bridgehead atoms. The fourth-order valence-corrected chi connectivity index (χ4v) is 3.74. The molecule has 1 aliphatic rings. The molecular weight excluding hydrogens is 330 g/mol. The molecule has 0 saturated carbocycles. The van der Waals surface area contributed by atoms with Gasteiger partial charge in [-0.2, -0.15) is 16.8 Å². The lowest BCUT2D eigenvalue weighted by atomic mass is 9.76. The Hall–Kier alpha value is -1.29. The van der Waals surface area contributed by atoms with Crippen LogP contribution in [0, 0.1) is 0 Å².